The number of carbonyl (C=O) groups excluding carboxylic acids is 2. The number of hydrogen-bond donors (Lipinski definition) is 2. The summed E-state index contributed by atoms with van der Waals surface area (Å²) in [4.78, 5) is 23.5. The summed E-state index contributed by atoms with van der Waals surface area (Å²) in [7, 11) is 0. The maximum Gasteiger partial charge on any atom is 0.262 e. The molecule has 0 bridgehead atoms. The van der Waals surface area contributed by atoms with Gasteiger partial charge in [-0.15, -0.1) is 0 Å². The van der Waals surface area contributed by atoms with E-state index in [4.69, 9.17) is 4.74 Å². The van der Waals surface area contributed by atoms with E-state index in [1.165, 1.54) is 6.08 Å². The first-order valence-electron chi connectivity index (χ1n) is 6.70. The Hall–Kier alpha value is -3.08. The molecule has 5 nitrogen and oxygen atoms in total. The fraction of sp³-hybridized carbons (Fsp3) is 0.0588. The minimum atomic E-state index is -0.239. The number of amides is 1. The molecule has 0 atom stereocenters. The SMILES string of the molecule is O=C1COc2ccc(C(=O)/C=C/c3ccc(O)cc3)cc2N1. The summed E-state index contributed by atoms with van der Waals surface area (Å²) in [5.41, 5.74) is 1.76. The molecule has 1 heterocycles. The summed E-state index contributed by atoms with van der Waals surface area (Å²) in [6.45, 7) is -0.0128. The summed E-state index contributed by atoms with van der Waals surface area (Å²) in [6.07, 6.45) is 3.11. The summed E-state index contributed by atoms with van der Waals surface area (Å²) in [5, 5.41) is 11.9. The van der Waals surface area contributed by atoms with Crippen molar-refractivity contribution < 1.29 is 19.4 Å². The van der Waals surface area contributed by atoms with Crippen molar-refractivity contribution in [3.63, 3.8) is 0 Å². The van der Waals surface area contributed by atoms with Crippen molar-refractivity contribution in [3.8, 4) is 11.5 Å². The average molecular weight is 295 g/mol. The molecule has 1 aliphatic heterocycles. The van der Waals surface area contributed by atoms with Crippen LogP contribution in [0.4, 0.5) is 5.69 Å². The lowest BCUT2D eigenvalue weighted by atomic mass is 10.1. The predicted octanol–water partition coefficient (Wildman–Crippen LogP) is 2.62. The lowest BCUT2D eigenvalue weighted by molar-refractivity contribution is -0.118. The third-order valence-electron chi connectivity index (χ3n) is 3.22. The molecule has 2 aromatic carbocycles. The number of aromatic hydroxyl groups is 1. The Morgan fingerprint density at radius 3 is 2.73 bits per heavy atom. The van der Waals surface area contributed by atoms with Gasteiger partial charge in [0.15, 0.2) is 12.4 Å². The Balaban J connectivity index is 1.79. The number of carbonyl (C=O) groups is 2. The quantitative estimate of drug-likeness (QED) is 0.674. The number of ether oxygens (including phenoxy) is 1. The molecule has 0 aliphatic carbocycles. The van der Waals surface area contributed by atoms with Gasteiger partial charge in [-0.25, -0.2) is 0 Å². The number of fused-ring (bicyclic) bond motifs is 1. The van der Waals surface area contributed by atoms with Gasteiger partial charge in [-0.05, 0) is 42.0 Å². The second kappa shape index (κ2) is 5.73. The van der Waals surface area contributed by atoms with Crippen molar-refractivity contribution in [2.45, 2.75) is 0 Å². The maximum atomic E-state index is 12.2. The van der Waals surface area contributed by atoms with Crippen LogP contribution in [-0.2, 0) is 4.79 Å². The Morgan fingerprint density at radius 1 is 1.18 bits per heavy atom. The highest BCUT2D eigenvalue weighted by molar-refractivity contribution is 6.08. The van der Waals surface area contributed by atoms with Crippen molar-refractivity contribution in [2.75, 3.05) is 11.9 Å². The molecular formula is C17H13NO4. The Morgan fingerprint density at radius 2 is 1.95 bits per heavy atom. The molecule has 0 saturated heterocycles. The highest BCUT2D eigenvalue weighted by atomic mass is 16.5. The minimum absolute atomic E-state index is 0.0128. The van der Waals surface area contributed by atoms with E-state index < -0.39 is 0 Å². The van der Waals surface area contributed by atoms with E-state index in [0.29, 0.717) is 17.0 Å². The molecule has 0 spiro atoms. The molecule has 0 aromatic heterocycles. The predicted molar refractivity (Wildman–Crippen MR) is 82.0 cm³/mol. The standard InChI is InChI=1S/C17H13NO4/c19-13-5-1-11(2-6-13)3-7-15(20)12-4-8-16-14(9-12)18-17(21)10-22-16/h1-9,19H,10H2,(H,18,21)/b7-3+. The van der Waals surface area contributed by atoms with Crippen LogP contribution >= 0.6 is 0 Å². The molecule has 2 N–H and O–H groups in total. The number of phenolic OH excluding ortho intramolecular Hbond substituents is 1. The van der Waals surface area contributed by atoms with Crippen molar-refractivity contribution in [3.05, 3.63) is 59.7 Å². The Kier molecular flexibility index (Phi) is 3.62. The van der Waals surface area contributed by atoms with E-state index in [9.17, 15) is 14.7 Å². The fourth-order valence-corrected chi connectivity index (χ4v) is 2.09. The van der Waals surface area contributed by atoms with E-state index in [0.717, 1.165) is 5.56 Å². The van der Waals surface area contributed by atoms with Crippen molar-refractivity contribution in [1.29, 1.82) is 0 Å². The van der Waals surface area contributed by atoms with Crippen LogP contribution in [0.1, 0.15) is 15.9 Å². The summed E-state index contributed by atoms with van der Waals surface area (Å²) < 4.78 is 5.25. The van der Waals surface area contributed by atoms with Gasteiger partial charge in [0.25, 0.3) is 5.91 Å². The first-order chi connectivity index (χ1) is 10.6. The number of ketones is 1. The van der Waals surface area contributed by atoms with Gasteiger partial charge in [-0.3, -0.25) is 9.59 Å². The highest BCUT2D eigenvalue weighted by Gasteiger charge is 2.17. The number of anilines is 1. The highest BCUT2D eigenvalue weighted by Crippen LogP contribution is 2.28. The van der Waals surface area contributed by atoms with Gasteiger partial charge in [-0.2, -0.15) is 0 Å². The second-order valence-corrected chi connectivity index (χ2v) is 4.84. The van der Waals surface area contributed by atoms with Crippen LogP contribution in [0, 0.1) is 0 Å². The molecule has 1 aliphatic rings. The van der Waals surface area contributed by atoms with Crippen molar-refractivity contribution in [1.82, 2.24) is 0 Å². The summed E-state index contributed by atoms with van der Waals surface area (Å²) >= 11 is 0. The number of phenols is 1. The normalized spacial score (nSPS) is 13.4. The lowest BCUT2D eigenvalue weighted by Crippen LogP contribution is -2.25. The number of allylic oxidation sites excluding steroid dienone is 1. The fourth-order valence-electron chi connectivity index (χ4n) is 2.09. The van der Waals surface area contributed by atoms with Gasteiger partial charge in [0.05, 0.1) is 5.69 Å². The van der Waals surface area contributed by atoms with E-state index in [2.05, 4.69) is 5.32 Å². The largest absolute Gasteiger partial charge is 0.508 e. The number of hydrogen-bond acceptors (Lipinski definition) is 4. The molecule has 22 heavy (non-hydrogen) atoms. The van der Waals surface area contributed by atoms with Gasteiger partial charge in [0.2, 0.25) is 0 Å². The van der Waals surface area contributed by atoms with Gasteiger partial charge in [0.1, 0.15) is 11.5 Å². The topological polar surface area (TPSA) is 75.6 Å². The molecular weight excluding hydrogens is 282 g/mol. The summed E-state index contributed by atoms with van der Waals surface area (Å²) in [5.74, 6) is 0.306. The molecule has 110 valence electrons. The smallest absolute Gasteiger partial charge is 0.262 e. The van der Waals surface area contributed by atoms with E-state index in [1.54, 1.807) is 48.5 Å². The lowest BCUT2D eigenvalue weighted by Gasteiger charge is -2.17. The molecule has 0 saturated carbocycles. The number of benzene rings is 2. The molecule has 1 amide bonds. The van der Waals surface area contributed by atoms with E-state index in [1.807, 2.05) is 0 Å². The zero-order chi connectivity index (χ0) is 15.5. The summed E-state index contributed by atoms with van der Waals surface area (Å²) in [6, 6.07) is 11.4. The zero-order valence-electron chi connectivity index (χ0n) is 11.6. The average Bonchev–Trinajstić information content (AvgIpc) is 2.53. The second-order valence-electron chi connectivity index (χ2n) is 4.84. The van der Waals surface area contributed by atoms with Gasteiger partial charge in [-0.1, -0.05) is 18.2 Å². The number of rotatable bonds is 3. The number of nitrogens with one attached hydrogen (secondary N) is 1. The van der Waals surface area contributed by atoms with E-state index in [-0.39, 0.29) is 24.0 Å². The first kappa shape index (κ1) is 13.9. The maximum absolute atomic E-state index is 12.2. The molecule has 0 fully saturated rings. The molecule has 5 heteroatoms. The third kappa shape index (κ3) is 2.98. The van der Waals surface area contributed by atoms with Gasteiger partial charge < -0.3 is 15.2 Å². The first-order valence-corrected chi connectivity index (χ1v) is 6.70. The van der Waals surface area contributed by atoms with E-state index >= 15 is 0 Å². The van der Waals surface area contributed by atoms with Crippen LogP contribution in [0.3, 0.4) is 0 Å². The van der Waals surface area contributed by atoms with Crippen LogP contribution in [0.5, 0.6) is 11.5 Å². The van der Waals surface area contributed by atoms with Gasteiger partial charge in [0, 0.05) is 5.56 Å². The van der Waals surface area contributed by atoms with Crippen LogP contribution in [0.15, 0.2) is 48.5 Å². The Labute approximate surface area is 126 Å². The molecule has 0 radical (unpaired) electrons. The van der Waals surface area contributed by atoms with Gasteiger partial charge >= 0.3 is 0 Å². The zero-order valence-corrected chi connectivity index (χ0v) is 11.6. The van der Waals surface area contributed by atoms with Crippen LogP contribution in [0.2, 0.25) is 0 Å². The van der Waals surface area contributed by atoms with Crippen molar-refractivity contribution in [2.24, 2.45) is 0 Å². The van der Waals surface area contributed by atoms with Crippen LogP contribution in [-0.4, -0.2) is 23.4 Å². The Bertz CT molecular complexity index is 763. The van der Waals surface area contributed by atoms with Crippen LogP contribution < -0.4 is 10.1 Å². The van der Waals surface area contributed by atoms with Crippen LogP contribution in [0.25, 0.3) is 6.08 Å². The molecule has 3 rings (SSSR count). The third-order valence-corrected chi connectivity index (χ3v) is 3.22. The monoisotopic (exact) mass is 295 g/mol. The van der Waals surface area contributed by atoms with Crippen molar-refractivity contribution >= 4 is 23.5 Å². The molecule has 0 unspecified atom stereocenters. The molecule has 2 aromatic rings. The minimum Gasteiger partial charge on any atom is -0.508 e.